The Labute approximate surface area is 76.8 Å². The van der Waals surface area contributed by atoms with Crippen molar-refractivity contribution in [2.24, 2.45) is 0 Å². The van der Waals surface area contributed by atoms with Gasteiger partial charge < -0.3 is 4.74 Å². The zero-order chi connectivity index (χ0) is 9.41. The van der Waals surface area contributed by atoms with E-state index in [9.17, 15) is 0 Å². The molecule has 1 unspecified atom stereocenters. The average Bonchev–Trinajstić information content (AvgIpc) is 2.34. The fourth-order valence-corrected chi connectivity index (χ4v) is 3.44. The molecule has 0 saturated carbocycles. The van der Waals surface area contributed by atoms with Crippen LogP contribution in [0.15, 0.2) is 12.3 Å². The Hall–Kier alpha value is -0.243. The van der Waals surface area contributed by atoms with Crippen molar-refractivity contribution in [2.45, 2.75) is 51.1 Å². The van der Waals surface area contributed by atoms with Crippen LogP contribution in [0.4, 0.5) is 0 Å². The molecular weight excluding hydrogens is 164 g/mol. The van der Waals surface area contributed by atoms with E-state index in [1.165, 1.54) is 0 Å². The van der Waals surface area contributed by atoms with Gasteiger partial charge in [-0.05, 0) is 11.1 Å². The summed E-state index contributed by atoms with van der Waals surface area (Å²) >= 11 is 0. The van der Waals surface area contributed by atoms with E-state index in [1.54, 1.807) is 0 Å². The van der Waals surface area contributed by atoms with E-state index in [2.05, 4.69) is 39.9 Å². The summed E-state index contributed by atoms with van der Waals surface area (Å²) in [7, 11) is -1.26. The van der Waals surface area contributed by atoms with Crippen molar-refractivity contribution in [3.63, 3.8) is 0 Å². The van der Waals surface area contributed by atoms with Crippen molar-refractivity contribution < 1.29 is 4.74 Å². The normalized spacial score (nSPS) is 24.2. The quantitative estimate of drug-likeness (QED) is 0.568. The summed E-state index contributed by atoms with van der Waals surface area (Å²) in [6.07, 6.45) is 5.13. The van der Waals surface area contributed by atoms with E-state index in [4.69, 9.17) is 4.74 Å². The summed E-state index contributed by atoms with van der Waals surface area (Å²) < 4.78 is 5.63. The SMILES string of the molecule is CC(C)(C)[Si](C)(C)C1CC=CO1. The summed E-state index contributed by atoms with van der Waals surface area (Å²) in [5, 5.41) is 0.434. The van der Waals surface area contributed by atoms with Crippen molar-refractivity contribution in [1.82, 2.24) is 0 Å². The number of ether oxygens (including phenoxy) is 1. The second-order valence-electron chi connectivity index (χ2n) is 5.20. The first kappa shape index (κ1) is 9.84. The van der Waals surface area contributed by atoms with Crippen molar-refractivity contribution in [3.8, 4) is 0 Å². The molecule has 0 bridgehead atoms. The molecule has 0 fully saturated rings. The van der Waals surface area contributed by atoms with E-state index in [0.717, 1.165) is 6.42 Å². The van der Waals surface area contributed by atoms with Crippen molar-refractivity contribution in [2.75, 3.05) is 0 Å². The van der Waals surface area contributed by atoms with Gasteiger partial charge in [0.15, 0.2) is 0 Å². The minimum atomic E-state index is -1.26. The monoisotopic (exact) mass is 184 g/mol. The summed E-state index contributed by atoms with van der Waals surface area (Å²) in [4.78, 5) is 0. The summed E-state index contributed by atoms with van der Waals surface area (Å²) in [5.74, 6) is 0. The van der Waals surface area contributed by atoms with Crippen LogP contribution in [-0.4, -0.2) is 13.8 Å². The Balaban J connectivity index is 2.71. The van der Waals surface area contributed by atoms with Gasteiger partial charge in [-0.25, -0.2) is 0 Å². The van der Waals surface area contributed by atoms with Gasteiger partial charge in [-0.2, -0.15) is 0 Å². The van der Waals surface area contributed by atoms with Gasteiger partial charge in [0.25, 0.3) is 0 Å². The maximum atomic E-state index is 5.63. The van der Waals surface area contributed by atoms with Crippen LogP contribution in [0.25, 0.3) is 0 Å². The molecular formula is C10H20OSi. The predicted octanol–water partition coefficient (Wildman–Crippen LogP) is 3.34. The highest BCUT2D eigenvalue weighted by atomic mass is 28.3. The average molecular weight is 184 g/mol. The summed E-state index contributed by atoms with van der Waals surface area (Å²) in [5.41, 5.74) is 0.498. The highest BCUT2D eigenvalue weighted by molar-refractivity contribution is 6.81. The molecule has 1 aliphatic heterocycles. The Morgan fingerprint density at radius 2 is 1.92 bits per heavy atom. The lowest BCUT2D eigenvalue weighted by Gasteiger charge is -2.40. The van der Waals surface area contributed by atoms with Crippen molar-refractivity contribution >= 4 is 8.07 Å². The molecule has 2 heteroatoms. The molecule has 0 amide bonds. The molecule has 1 atom stereocenters. The second kappa shape index (κ2) is 2.91. The third-order valence-electron chi connectivity index (χ3n) is 3.43. The molecule has 12 heavy (non-hydrogen) atoms. The molecule has 0 saturated heterocycles. The fraction of sp³-hybridized carbons (Fsp3) is 0.800. The third-order valence-corrected chi connectivity index (χ3v) is 9.27. The van der Waals surface area contributed by atoms with Crippen molar-refractivity contribution in [3.05, 3.63) is 12.3 Å². The van der Waals surface area contributed by atoms with Crippen LogP contribution in [0.2, 0.25) is 18.1 Å². The third kappa shape index (κ3) is 1.58. The first-order valence-corrected chi connectivity index (χ1v) is 7.74. The first-order chi connectivity index (χ1) is 5.36. The molecule has 1 aliphatic rings. The highest BCUT2D eigenvalue weighted by Gasteiger charge is 2.43. The van der Waals surface area contributed by atoms with Gasteiger partial charge in [0, 0.05) is 6.42 Å². The topological polar surface area (TPSA) is 9.23 Å². The van der Waals surface area contributed by atoms with Gasteiger partial charge in [-0.3, -0.25) is 0 Å². The molecule has 70 valence electrons. The smallest absolute Gasteiger partial charge is 0.102 e. The summed E-state index contributed by atoms with van der Waals surface area (Å²) in [6.45, 7) is 11.8. The van der Waals surface area contributed by atoms with Gasteiger partial charge in [-0.1, -0.05) is 33.9 Å². The van der Waals surface area contributed by atoms with Gasteiger partial charge in [0.05, 0.1) is 12.0 Å². The molecule has 1 nitrogen and oxygen atoms in total. The van der Waals surface area contributed by atoms with Gasteiger partial charge in [-0.15, -0.1) is 0 Å². The zero-order valence-electron chi connectivity index (χ0n) is 8.85. The van der Waals surface area contributed by atoms with E-state index in [1.807, 2.05) is 6.26 Å². The molecule has 0 spiro atoms. The predicted molar refractivity (Wildman–Crippen MR) is 55.8 cm³/mol. The van der Waals surface area contributed by atoms with Gasteiger partial charge >= 0.3 is 0 Å². The second-order valence-corrected chi connectivity index (χ2v) is 10.8. The lowest BCUT2D eigenvalue weighted by atomic mass is 10.2. The maximum Gasteiger partial charge on any atom is 0.102 e. The lowest BCUT2D eigenvalue weighted by Crippen LogP contribution is -2.49. The fourth-order valence-electron chi connectivity index (χ4n) is 1.33. The Kier molecular flexibility index (Phi) is 2.39. The molecule has 0 radical (unpaired) electrons. The van der Waals surface area contributed by atoms with Crippen LogP contribution < -0.4 is 0 Å². The number of hydrogen-bond donors (Lipinski definition) is 0. The van der Waals surface area contributed by atoms with Crippen LogP contribution >= 0.6 is 0 Å². The summed E-state index contributed by atoms with van der Waals surface area (Å²) in [6, 6.07) is 0. The molecule has 0 aromatic carbocycles. The van der Waals surface area contributed by atoms with E-state index < -0.39 is 8.07 Å². The van der Waals surface area contributed by atoms with E-state index in [-0.39, 0.29) is 0 Å². The van der Waals surface area contributed by atoms with Crippen molar-refractivity contribution in [1.29, 1.82) is 0 Å². The zero-order valence-corrected chi connectivity index (χ0v) is 9.85. The standard InChI is InChI=1S/C10H20OSi/c1-10(2,3)12(4,5)9-7-6-8-11-9/h6,8-9H,7H2,1-5H3. The van der Waals surface area contributed by atoms with E-state index in [0.29, 0.717) is 10.8 Å². The Morgan fingerprint density at radius 3 is 2.25 bits per heavy atom. The first-order valence-electron chi connectivity index (χ1n) is 4.66. The van der Waals surface area contributed by atoms with Gasteiger partial charge in [0.1, 0.15) is 8.07 Å². The lowest BCUT2D eigenvalue weighted by molar-refractivity contribution is 0.227. The van der Waals surface area contributed by atoms with E-state index >= 15 is 0 Å². The van der Waals surface area contributed by atoms with Crippen LogP contribution in [0.1, 0.15) is 27.2 Å². The molecule has 1 heterocycles. The van der Waals surface area contributed by atoms with Crippen LogP contribution in [-0.2, 0) is 4.74 Å². The Bertz CT molecular complexity index is 181. The molecule has 0 aromatic rings. The number of rotatable bonds is 1. The minimum Gasteiger partial charge on any atom is -0.502 e. The number of hydrogen-bond acceptors (Lipinski definition) is 1. The Morgan fingerprint density at radius 1 is 1.33 bits per heavy atom. The molecule has 0 N–H and O–H groups in total. The highest BCUT2D eigenvalue weighted by Crippen LogP contribution is 2.41. The van der Waals surface area contributed by atoms with Gasteiger partial charge in [0.2, 0.25) is 0 Å². The van der Waals surface area contributed by atoms with Crippen LogP contribution in [0.5, 0.6) is 0 Å². The minimum absolute atomic E-state index is 0.434. The molecule has 1 rings (SSSR count). The largest absolute Gasteiger partial charge is 0.502 e. The molecule has 0 aromatic heterocycles. The molecule has 0 aliphatic carbocycles. The van der Waals surface area contributed by atoms with Crippen LogP contribution in [0, 0.1) is 0 Å². The van der Waals surface area contributed by atoms with Crippen LogP contribution in [0.3, 0.4) is 0 Å². The maximum absolute atomic E-state index is 5.63.